The largest absolute Gasteiger partial charge is 0.545 e. The molecule has 0 aliphatic carbocycles. The van der Waals surface area contributed by atoms with Crippen molar-refractivity contribution in [3.05, 3.63) is 117 Å². The molecular weight excluding hydrogens is 396 g/mol. The third kappa shape index (κ3) is 3.97. The highest BCUT2D eigenvalue weighted by molar-refractivity contribution is 6.23. The Labute approximate surface area is 177 Å². The Balaban J connectivity index is 1.76. The number of hydrogen-bond donors (Lipinski definition) is 0. The average Bonchev–Trinajstić information content (AvgIpc) is 3.10. The Hall–Kier alpha value is -4.52. The molecule has 0 atom stereocenters. The van der Waals surface area contributed by atoms with E-state index in [0.29, 0.717) is 22.5 Å². The molecule has 3 aromatic rings. The number of rotatable bonds is 5. The lowest BCUT2D eigenvalue weighted by molar-refractivity contribution is -0.384. The van der Waals surface area contributed by atoms with E-state index < -0.39 is 10.9 Å². The molecule has 0 saturated carbocycles. The van der Waals surface area contributed by atoms with Gasteiger partial charge in [-0.3, -0.25) is 19.8 Å². The van der Waals surface area contributed by atoms with E-state index in [0.717, 1.165) is 5.56 Å². The zero-order chi connectivity index (χ0) is 22.0. The van der Waals surface area contributed by atoms with Crippen molar-refractivity contribution in [1.29, 1.82) is 0 Å². The van der Waals surface area contributed by atoms with E-state index in [-0.39, 0.29) is 17.2 Å². The van der Waals surface area contributed by atoms with Crippen molar-refractivity contribution in [2.45, 2.75) is 0 Å². The SMILES string of the molecule is O=C([O-])c1ccc(N2C(=O)/C(=C\c3ccc([N+](=O)[O-])cc3)C=C2c2ccccc2)cc1. The third-order valence-corrected chi connectivity index (χ3v) is 4.84. The topological polar surface area (TPSA) is 104 Å². The molecule has 0 N–H and O–H groups in total. The highest BCUT2D eigenvalue weighted by Crippen LogP contribution is 2.35. The van der Waals surface area contributed by atoms with Crippen LogP contribution in [0.4, 0.5) is 11.4 Å². The van der Waals surface area contributed by atoms with Crippen molar-refractivity contribution in [3.63, 3.8) is 0 Å². The van der Waals surface area contributed by atoms with Crippen LogP contribution in [-0.4, -0.2) is 16.8 Å². The van der Waals surface area contributed by atoms with Gasteiger partial charge in [0.1, 0.15) is 0 Å². The fourth-order valence-corrected chi connectivity index (χ4v) is 3.31. The highest BCUT2D eigenvalue weighted by atomic mass is 16.6. The van der Waals surface area contributed by atoms with Crippen LogP contribution < -0.4 is 10.0 Å². The number of carboxylic acids is 1. The first kappa shape index (κ1) is 19.8. The van der Waals surface area contributed by atoms with Crippen LogP contribution in [0.3, 0.4) is 0 Å². The van der Waals surface area contributed by atoms with E-state index >= 15 is 0 Å². The number of non-ortho nitro benzene ring substituents is 1. The lowest BCUT2D eigenvalue weighted by atomic mass is 10.1. The van der Waals surface area contributed by atoms with Gasteiger partial charge < -0.3 is 9.90 Å². The summed E-state index contributed by atoms with van der Waals surface area (Å²) in [6.07, 6.45) is 3.40. The van der Waals surface area contributed by atoms with Gasteiger partial charge in [-0.25, -0.2) is 0 Å². The maximum atomic E-state index is 13.3. The molecule has 0 unspecified atom stereocenters. The molecule has 4 rings (SSSR count). The fourth-order valence-electron chi connectivity index (χ4n) is 3.31. The number of nitro groups is 1. The minimum absolute atomic E-state index is 0.0160. The van der Waals surface area contributed by atoms with Crippen molar-refractivity contribution in [2.24, 2.45) is 0 Å². The first-order chi connectivity index (χ1) is 14.9. The molecule has 31 heavy (non-hydrogen) atoms. The van der Waals surface area contributed by atoms with Crippen LogP contribution in [-0.2, 0) is 4.79 Å². The van der Waals surface area contributed by atoms with Gasteiger partial charge in [0.2, 0.25) is 0 Å². The zero-order valence-electron chi connectivity index (χ0n) is 16.1. The summed E-state index contributed by atoms with van der Waals surface area (Å²) in [5.41, 5.74) is 2.99. The number of carbonyl (C=O) groups excluding carboxylic acids is 2. The van der Waals surface area contributed by atoms with Crippen LogP contribution in [0.1, 0.15) is 21.5 Å². The zero-order valence-corrected chi connectivity index (χ0v) is 16.1. The highest BCUT2D eigenvalue weighted by Gasteiger charge is 2.30. The molecule has 152 valence electrons. The van der Waals surface area contributed by atoms with E-state index in [1.807, 2.05) is 30.3 Å². The Morgan fingerprint density at radius 3 is 2.13 bits per heavy atom. The van der Waals surface area contributed by atoms with Crippen LogP contribution in [0.25, 0.3) is 11.8 Å². The summed E-state index contributed by atoms with van der Waals surface area (Å²) in [7, 11) is 0. The van der Waals surface area contributed by atoms with Crippen molar-refractivity contribution < 1.29 is 19.6 Å². The van der Waals surface area contributed by atoms with E-state index in [9.17, 15) is 24.8 Å². The molecule has 7 nitrogen and oxygen atoms in total. The summed E-state index contributed by atoms with van der Waals surface area (Å²) >= 11 is 0. The van der Waals surface area contributed by atoms with Gasteiger partial charge in [-0.15, -0.1) is 0 Å². The number of amides is 1. The fraction of sp³-hybridized carbons (Fsp3) is 0. The number of nitro benzene ring substituents is 1. The molecule has 1 amide bonds. The number of nitrogens with zero attached hydrogens (tertiary/aromatic N) is 2. The normalized spacial score (nSPS) is 14.6. The summed E-state index contributed by atoms with van der Waals surface area (Å²) in [4.78, 5) is 36.2. The minimum atomic E-state index is -1.29. The second-order valence-corrected chi connectivity index (χ2v) is 6.82. The molecule has 3 aromatic carbocycles. The maximum absolute atomic E-state index is 13.3. The summed E-state index contributed by atoms with van der Waals surface area (Å²) in [5.74, 6) is -1.59. The first-order valence-electron chi connectivity index (χ1n) is 9.33. The predicted molar refractivity (Wildman–Crippen MR) is 114 cm³/mol. The Morgan fingerprint density at radius 2 is 1.55 bits per heavy atom. The molecule has 0 saturated heterocycles. The summed E-state index contributed by atoms with van der Waals surface area (Å²) in [5, 5.41) is 21.9. The maximum Gasteiger partial charge on any atom is 0.269 e. The van der Waals surface area contributed by atoms with Gasteiger partial charge >= 0.3 is 0 Å². The predicted octanol–water partition coefficient (Wildman–Crippen LogP) is 3.43. The summed E-state index contributed by atoms with van der Waals surface area (Å²) in [6, 6.07) is 21.1. The molecule has 0 fully saturated rings. The number of carboxylic acid groups (broad SMARTS) is 1. The molecule has 1 heterocycles. The second kappa shape index (κ2) is 8.08. The lowest BCUT2D eigenvalue weighted by Crippen LogP contribution is -2.25. The lowest BCUT2D eigenvalue weighted by Gasteiger charge is -2.21. The Bertz CT molecular complexity index is 1230. The Kier molecular flexibility index (Phi) is 5.15. The monoisotopic (exact) mass is 411 g/mol. The van der Waals surface area contributed by atoms with Gasteiger partial charge in [0.05, 0.1) is 16.6 Å². The number of aromatic carboxylic acids is 1. The Morgan fingerprint density at radius 1 is 0.903 bits per heavy atom. The number of benzene rings is 3. The number of hydrogen-bond acceptors (Lipinski definition) is 5. The van der Waals surface area contributed by atoms with Gasteiger partial charge in [-0.05, 0) is 53.1 Å². The van der Waals surface area contributed by atoms with Gasteiger partial charge in [0, 0.05) is 23.4 Å². The first-order valence-corrected chi connectivity index (χ1v) is 9.33. The van der Waals surface area contributed by atoms with E-state index in [1.54, 1.807) is 36.4 Å². The standard InChI is InChI=1S/C24H16N2O5/c27-23-19(14-16-6-10-21(11-7-16)26(30)31)15-22(17-4-2-1-3-5-17)25(23)20-12-8-18(9-13-20)24(28)29/h1-15H,(H,28,29)/p-1/b19-14-. The molecular formula is C24H15N2O5-. The number of anilines is 1. The molecule has 0 aromatic heterocycles. The van der Waals surface area contributed by atoms with Crippen LogP contribution in [0.5, 0.6) is 0 Å². The molecule has 1 aliphatic heterocycles. The molecule has 1 aliphatic rings. The van der Waals surface area contributed by atoms with Gasteiger partial charge in [0.25, 0.3) is 11.6 Å². The van der Waals surface area contributed by atoms with Gasteiger partial charge in [-0.2, -0.15) is 0 Å². The van der Waals surface area contributed by atoms with Crippen LogP contribution >= 0.6 is 0 Å². The van der Waals surface area contributed by atoms with Crippen LogP contribution in [0.2, 0.25) is 0 Å². The van der Waals surface area contributed by atoms with Crippen molar-refractivity contribution in [2.75, 3.05) is 4.90 Å². The second-order valence-electron chi connectivity index (χ2n) is 6.82. The van der Waals surface area contributed by atoms with Crippen molar-refractivity contribution >= 4 is 35.0 Å². The van der Waals surface area contributed by atoms with E-state index in [2.05, 4.69) is 0 Å². The molecule has 0 radical (unpaired) electrons. The number of carbonyl (C=O) groups is 2. The summed E-state index contributed by atoms with van der Waals surface area (Å²) < 4.78 is 0. The van der Waals surface area contributed by atoms with Gasteiger partial charge in [0.15, 0.2) is 0 Å². The minimum Gasteiger partial charge on any atom is -0.545 e. The van der Waals surface area contributed by atoms with E-state index in [4.69, 9.17) is 0 Å². The smallest absolute Gasteiger partial charge is 0.269 e. The van der Waals surface area contributed by atoms with Crippen LogP contribution in [0.15, 0.2) is 90.5 Å². The van der Waals surface area contributed by atoms with Crippen LogP contribution in [0, 0.1) is 10.1 Å². The quantitative estimate of drug-likeness (QED) is 0.363. The molecule has 0 bridgehead atoms. The van der Waals surface area contributed by atoms with Crippen molar-refractivity contribution in [3.8, 4) is 0 Å². The van der Waals surface area contributed by atoms with Gasteiger partial charge in [-0.1, -0.05) is 42.5 Å². The summed E-state index contributed by atoms with van der Waals surface area (Å²) in [6.45, 7) is 0. The van der Waals surface area contributed by atoms with E-state index in [1.165, 1.54) is 29.2 Å². The van der Waals surface area contributed by atoms with Crippen molar-refractivity contribution in [1.82, 2.24) is 0 Å². The molecule has 0 spiro atoms. The third-order valence-electron chi connectivity index (χ3n) is 4.84. The molecule has 7 heteroatoms. The average molecular weight is 411 g/mol.